The van der Waals surface area contributed by atoms with Gasteiger partial charge >= 0.3 is 25.7 Å². The molecular formula is C66H119O11P. The van der Waals surface area contributed by atoms with E-state index in [4.69, 9.17) is 23.3 Å². The molecule has 0 radical (unpaired) electrons. The van der Waals surface area contributed by atoms with E-state index in [1.807, 2.05) is 6.08 Å². The summed E-state index contributed by atoms with van der Waals surface area (Å²) in [5, 5.41) is 9.85. The SMILES string of the molecule is CC/C=C\C/C=C\C/C=C\C/C=C\C/C=C\CCCC(=O)OC(COC(=O)CCCCCCCCCCCCCCCCCCC)COP(=O)(O)OCC(CO)OC(=O)CCCCCCCCCCCCCCCCCCC. The van der Waals surface area contributed by atoms with E-state index in [-0.39, 0.29) is 25.9 Å². The van der Waals surface area contributed by atoms with E-state index < -0.39 is 57.8 Å². The minimum absolute atomic E-state index is 0.0916. The van der Waals surface area contributed by atoms with Crippen molar-refractivity contribution in [1.82, 2.24) is 0 Å². The van der Waals surface area contributed by atoms with Gasteiger partial charge in [-0.15, -0.1) is 0 Å². The summed E-state index contributed by atoms with van der Waals surface area (Å²) in [6.45, 7) is 4.53. The number of unbranched alkanes of at least 4 members (excludes halogenated alkanes) is 33. The van der Waals surface area contributed by atoms with Gasteiger partial charge in [0.15, 0.2) is 6.10 Å². The Hall–Kier alpha value is -2.82. The van der Waals surface area contributed by atoms with Gasteiger partial charge in [0.25, 0.3) is 0 Å². The molecule has 0 aliphatic carbocycles. The highest BCUT2D eigenvalue weighted by Crippen LogP contribution is 2.43. The second-order valence-electron chi connectivity index (χ2n) is 21.6. The van der Waals surface area contributed by atoms with Gasteiger partial charge in [0.1, 0.15) is 12.7 Å². The van der Waals surface area contributed by atoms with E-state index in [9.17, 15) is 28.9 Å². The van der Waals surface area contributed by atoms with Gasteiger partial charge in [-0.2, -0.15) is 0 Å². The van der Waals surface area contributed by atoms with Gasteiger partial charge in [0, 0.05) is 19.3 Å². The molecule has 0 amide bonds. The molecule has 0 spiro atoms. The summed E-state index contributed by atoms with van der Waals surface area (Å²) in [5.41, 5.74) is 0. The maximum Gasteiger partial charge on any atom is 0.472 e. The number of phosphoric ester groups is 1. The molecule has 0 heterocycles. The minimum Gasteiger partial charge on any atom is -0.462 e. The molecule has 0 saturated carbocycles. The number of esters is 3. The monoisotopic (exact) mass is 1120 g/mol. The maximum absolute atomic E-state index is 12.9. The lowest BCUT2D eigenvalue weighted by Crippen LogP contribution is -2.30. The summed E-state index contributed by atoms with van der Waals surface area (Å²) in [4.78, 5) is 48.7. The molecule has 0 aromatic carbocycles. The van der Waals surface area contributed by atoms with Gasteiger partial charge in [-0.3, -0.25) is 23.4 Å². The molecule has 3 atom stereocenters. The highest BCUT2D eigenvalue weighted by atomic mass is 31.2. The second-order valence-corrected chi connectivity index (χ2v) is 23.0. The zero-order valence-corrected chi connectivity index (χ0v) is 51.3. The summed E-state index contributed by atoms with van der Waals surface area (Å²) in [6.07, 6.45) is 67.5. The van der Waals surface area contributed by atoms with Crippen LogP contribution in [0.3, 0.4) is 0 Å². The predicted molar refractivity (Wildman–Crippen MR) is 325 cm³/mol. The minimum atomic E-state index is -4.76. The molecule has 0 aliphatic rings. The molecule has 12 heteroatoms. The number of aliphatic hydroxyl groups excluding tert-OH is 1. The highest BCUT2D eigenvalue weighted by Gasteiger charge is 2.28. The Morgan fingerprint density at radius 1 is 0.372 bits per heavy atom. The average Bonchev–Trinajstić information content (AvgIpc) is 3.43. The molecule has 0 rings (SSSR count). The first-order valence-electron chi connectivity index (χ1n) is 32.2. The third-order valence-electron chi connectivity index (χ3n) is 14.0. The number of ether oxygens (including phenoxy) is 3. The van der Waals surface area contributed by atoms with Gasteiger partial charge < -0.3 is 24.2 Å². The molecule has 3 unspecified atom stereocenters. The van der Waals surface area contributed by atoms with Crippen molar-refractivity contribution in [2.75, 3.05) is 26.4 Å². The van der Waals surface area contributed by atoms with Gasteiger partial charge in [0.05, 0.1) is 19.8 Å². The molecule has 0 fully saturated rings. The van der Waals surface area contributed by atoms with Crippen molar-refractivity contribution in [3.8, 4) is 0 Å². The van der Waals surface area contributed by atoms with Crippen LogP contribution in [-0.4, -0.2) is 66.5 Å². The number of hydrogen-bond donors (Lipinski definition) is 2. The predicted octanol–water partition coefficient (Wildman–Crippen LogP) is 19.5. The Bertz CT molecular complexity index is 1540. The second kappa shape index (κ2) is 60.3. The van der Waals surface area contributed by atoms with Crippen LogP contribution in [0.15, 0.2) is 60.8 Å². The van der Waals surface area contributed by atoms with Crippen LogP contribution in [-0.2, 0) is 42.2 Å². The molecule has 0 aromatic rings. The fourth-order valence-electron chi connectivity index (χ4n) is 9.10. The highest BCUT2D eigenvalue weighted by molar-refractivity contribution is 7.47. The maximum atomic E-state index is 12.9. The quantitative estimate of drug-likeness (QED) is 0.0197. The van der Waals surface area contributed by atoms with Crippen LogP contribution in [0.2, 0.25) is 0 Å². The van der Waals surface area contributed by atoms with Gasteiger partial charge in [0.2, 0.25) is 0 Å². The number of allylic oxidation sites excluding steroid dienone is 10. The normalized spacial score (nSPS) is 13.7. The smallest absolute Gasteiger partial charge is 0.462 e. The van der Waals surface area contributed by atoms with Crippen LogP contribution < -0.4 is 0 Å². The lowest BCUT2D eigenvalue weighted by atomic mass is 10.0. The molecule has 11 nitrogen and oxygen atoms in total. The Morgan fingerprint density at radius 2 is 0.667 bits per heavy atom. The first kappa shape index (κ1) is 75.2. The van der Waals surface area contributed by atoms with Crippen LogP contribution >= 0.6 is 7.82 Å². The van der Waals surface area contributed by atoms with E-state index in [1.165, 1.54) is 167 Å². The number of aliphatic hydroxyl groups is 1. The van der Waals surface area contributed by atoms with E-state index in [2.05, 4.69) is 75.5 Å². The standard InChI is InChI=1S/C66H119O11P/c1-4-7-10-13-16-19-22-25-28-31-34-37-40-43-46-49-52-55-64(68)73-59-63(77-66(70)57-54-51-48-45-42-39-36-33-30-27-24-21-18-15-12-9-6-3)61-75-78(71,72)74-60-62(58-67)76-65(69)56-53-50-47-44-41-38-35-32-29-26-23-20-17-14-11-8-5-2/h9,12,18,21,27,30,36,39,45,48,62-63,67H,4-8,10-11,13-17,19-20,22-26,28-29,31-35,37-38,40-44,46-47,49-61H2,1-3H3,(H,71,72)/b12-9-,21-18-,30-27-,39-36-,48-45-. The van der Waals surface area contributed by atoms with Crippen molar-refractivity contribution in [3.63, 3.8) is 0 Å². The summed E-state index contributed by atoms with van der Waals surface area (Å²) in [5.74, 6) is -1.51. The van der Waals surface area contributed by atoms with E-state index in [1.54, 1.807) is 0 Å². The molecule has 78 heavy (non-hydrogen) atoms. The van der Waals surface area contributed by atoms with Crippen LogP contribution in [0.5, 0.6) is 0 Å². The zero-order chi connectivity index (χ0) is 56.9. The number of carbonyl (C=O) groups excluding carboxylic acids is 3. The van der Waals surface area contributed by atoms with Gasteiger partial charge in [-0.1, -0.05) is 287 Å². The molecular weight excluding hydrogens is 1000 g/mol. The lowest BCUT2D eigenvalue weighted by molar-refractivity contribution is -0.161. The number of hydrogen-bond acceptors (Lipinski definition) is 10. The topological polar surface area (TPSA) is 155 Å². The molecule has 0 bridgehead atoms. The fraction of sp³-hybridized carbons (Fsp3) is 0.803. The first-order valence-corrected chi connectivity index (χ1v) is 33.7. The van der Waals surface area contributed by atoms with E-state index in [0.717, 1.165) is 70.6 Å². The Morgan fingerprint density at radius 3 is 1.03 bits per heavy atom. The lowest BCUT2D eigenvalue weighted by Gasteiger charge is -2.21. The number of rotatable bonds is 60. The van der Waals surface area contributed by atoms with Crippen molar-refractivity contribution in [3.05, 3.63) is 60.8 Å². The summed E-state index contributed by atoms with van der Waals surface area (Å²) in [7, 11) is -4.76. The average molecular weight is 1120 g/mol. The molecule has 0 saturated heterocycles. The Labute approximate surface area is 478 Å². The molecule has 0 aromatic heterocycles. The van der Waals surface area contributed by atoms with Crippen molar-refractivity contribution < 1.29 is 52.2 Å². The van der Waals surface area contributed by atoms with Crippen LogP contribution in [0.1, 0.15) is 303 Å². The molecule has 2 N–H and O–H groups in total. The Balaban J connectivity index is 4.72. The largest absolute Gasteiger partial charge is 0.472 e. The summed E-state index contributed by atoms with van der Waals surface area (Å²) < 4.78 is 39.6. The van der Waals surface area contributed by atoms with E-state index >= 15 is 0 Å². The van der Waals surface area contributed by atoms with Crippen LogP contribution in [0.4, 0.5) is 0 Å². The Kier molecular flexibility index (Phi) is 58.1. The molecule has 454 valence electrons. The van der Waals surface area contributed by atoms with Crippen LogP contribution in [0, 0.1) is 0 Å². The van der Waals surface area contributed by atoms with Crippen molar-refractivity contribution in [2.24, 2.45) is 0 Å². The van der Waals surface area contributed by atoms with Gasteiger partial charge in [-0.05, 0) is 57.8 Å². The zero-order valence-electron chi connectivity index (χ0n) is 50.4. The number of phosphoric acid groups is 1. The van der Waals surface area contributed by atoms with Crippen molar-refractivity contribution >= 4 is 25.7 Å². The fourth-order valence-corrected chi connectivity index (χ4v) is 9.88. The van der Waals surface area contributed by atoms with E-state index in [0.29, 0.717) is 25.7 Å². The number of carbonyl (C=O) groups is 3. The van der Waals surface area contributed by atoms with Crippen molar-refractivity contribution in [1.29, 1.82) is 0 Å². The first-order chi connectivity index (χ1) is 38.2. The molecule has 0 aliphatic heterocycles. The van der Waals surface area contributed by atoms with Gasteiger partial charge in [-0.25, -0.2) is 4.57 Å². The summed E-state index contributed by atoms with van der Waals surface area (Å²) >= 11 is 0. The third-order valence-corrected chi connectivity index (χ3v) is 14.9. The van der Waals surface area contributed by atoms with Crippen molar-refractivity contribution in [2.45, 2.75) is 315 Å². The van der Waals surface area contributed by atoms with Crippen LogP contribution in [0.25, 0.3) is 0 Å². The summed E-state index contributed by atoms with van der Waals surface area (Å²) in [6, 6.07) is 0. The third kappa shape index (κ3) is 57.9.